The average Bonchev–Trinajstić information content (AvgIpc) is 3.04. The number of aliphatic hydroxyl groups excluding tert-OH is 1. The molecule has 1 aromatic rings. The fraction of sp³-hybridized carbons (Fsp3) is 0.545. The maximum absolute atomic E-state index is 12.6. The fourth-order valence-corrected chi connectivity index (χ4v) is 3.29. The topological polar surface area (TPSA) is 72.8 Å². The molecule has 166 valence electrons. The Morgan fingerprint density at radius 2 is 1.97 bits per heavy atom. The van der Waals surface area contributed by atoms with E-state index in [1.807, 2.05) is 13.0 Å². The number of ether oxygens (including phenoxy) is 2. The molecule has 0 aromatic heterocycles. The maximum atomic E-state index is 12.6. The van der Waals surface area contributed by atoms with E-state index < -0.39 is 42.5 Å². The number of hydrogen-bond donors (Lipinski definition) is 1. The molecule has 2 atom stereocenters. The van der Waals surface area contributed by atoms with Crippen LogP contribution in [0.2, 0.25) is 0 Å². The highest BCUT2D eigenvalue weighted by Gasteiger charge is 2.44. The number of aliphatic hydroxyl groups is 1. The lowest BCUT2D eigenvalue weighted by Gasteiger charge is -2.24. The highest BCUT2D eigenvalue weighted by molar-refractivity contribution is 5.92. The molecule has 0 bridgehead atoms. The van der Waals surface area contributed by atoms with Crippen molar-refractivity contribution in [3.8, 4) is 0 Å². The lowest BCUT2D eigenvalue weighted by molar-refractivity contribution is -0.154. The van der Waals surface area contributed by atoms with E-state index in [2.05, 4.69) is 6.92 Å². The van der Waals surface area contributed by atoms with Crippen molar-refractivity contribution in [3.63, 3.8) is 0 Å². The van der Waals surface area contributed by atoms with Gasteiger partial charge in [-0.25, -0.2) is 9.59 Å². The minimum atomic E-state index is -4.50. The number of unbranched alkanes of at least 4 members (excludes halogenated alkanes) is 1. The number of halogens is 3. The van der Waals surface area contributed by atoms with E-state index in [1.54, 1.807) is 0 Å². The van der Waals surface area contributed by atoms with Gasteiger partial charge in [-0.15, -0.1) is 0 Å². The van der Waals surface area contributed by atoms with Crippen LogP contribution in [0.25, 0.3) is 0 Å². The molecule has 0 spiro atoms. The van der Waals surface area contributed by atoms with Gasteiger partial charge in [0, 0.05) is 12.0 Å². The summed E-state index contributed by atoms with van der Waals surface area (Å²) in [4.78, 5) is 24.5. The summed E-state index contributed by atoms with van der Waals surface area (Å²) in [5.74, 6) is -1.19. The maximum Gasteiger partial charge on any atom is 0.416 e. The van der Waals surface area contributed by atoms with Gasteiger partial charge < -0.3 is 14.6 Å². The normalized spacial score (nSPS) is 21.5. The van der Waals surface area contributed by atoms with Crippen LogP contribution in [0.1, 0.15) is 61.9 Å². The van der Waals surface area contributed by atoms with Gasteiger partial charge in [0.2, 0.25) is 0 Å². The van der Waals surface area contributed by atoms with Gasteiger partial charge in [0.25, 0.3) is 0 Å². The van der Waals surface area contributed by atoms with Gasteiger partial charge in [0.1, 0.15) is 6.61 Å². The smallest absolute Gasteiger partial charge is 0.416 e. The first kappa shape index (κ1) is 23.9. The highest BCUT2D eigenvalue weighted by Crippen LogP contribution is 2.33. The Balaban J connectivity index is 2.04. The quantitative estimate of drug-likeness (QED) is 0.457. The number of cyclic esters (lactones) is 1. The van der Waals surface area contributed by atoms with Gasteiger partial charge in [-0.05, 0) is 43.0 Å². The summed E-state index contributed by atoms with van der Waals surface area (Å²) < 4.78 is 48.4. The first-order chi connectivity index (χ1) is 14.1. The Hall–Kier alpha value is -2.35. The van der Waals surface area contributed by atoms with E-state index in [9.17, 15) is 27.9 Å². The minimum Gasteiger partial charge on any atom is -0.458 e. The van der Waals surface area contributed by atoms with Crippen molar-refractivity contribution in [2.75, 3.05) is 13.2 Å². The van der Waals surface area contributed by atoms with Gasteiger partial charge in [0.15, 0.2) is 5.60 Å². The van der Waals surface area contributed by atoms with Crippen molar-refractivity contribution in [2.24, 2.45) is 5.92 Å². The SMILES string of the molecule is CCCCC(/C=C1/CC(CO)(COC(=O)c2ccc(C(F)(F)F)cc2)OC1=O)CC. The van der Waals surface area contributed by atoms with Crippen LogP contribution in [0.4, 0.5) is 13.2 Å². The predicted molar refractivity (Wildman–Crippen MR) is 104 cm³/mol. The second-order valence-corrected chi connectivity index (χ2v) is 7.56. The summed E-state index contributed by atoms with van der Waals surface area (Å²) in [6.45, 7) is 3.19. The third kappa shape index (κ3) is 6.08. The number of esters is 2. The molecule has 0 saturated carbocycles. The first-order valence-electron chi connectivity index (χ1n) is 10.0. The number of benzene rings is 1. The van der Waals surface area contributed by atoms with Gasteiger partial charge in [-0.3, -0.25) is 0 Å². The van der Waals surface area contributed by atoms with Crippen LogP contribution in [0, 0.1) is 5.92 Å². The molecular weight excluding hydrogens is 401 g/mol. The Morgan fingerprint density at radius 3 is 2.50 bits per heavy atom. The fourth-order valence-electron chi connectivity index (χ4n) is 3.29. The Kier molecular flexibility index (Phi) is 8.06. The third-order valence-corrected chi connectivity index (χ3v) is 5.18. The lowest BCUT2D eigenvalue weighted by atomic mass is 9.93. The highest BCUT2D eigenvalue weighted by atomic mass is 19.4. The molecule has 30 heavy (non-hydrogen) atoms. The molecule has 2 rings (SSSR count). The van der Waals surface area contributed by atoms with Crippen LogP contribution in [0.3, 0.4) is 0 Å². The van der Waals surface area contributed by atoms with Gasteiger partial charge >= 0.3 is 18.1 Å². The molecule has 1 aliphatic heterocycles. The zero-order valence-corrected chi connectivity index (χ0v) is 17.1. The Bertz CT molecular complexity index is 770. The number of alkyl halides is 3. The number of allylic oxidation sites excluding steroid dienone is 1. The third-order valence-electron chi connectivity index (χ3n) is 5.18. The van der Waals surface area contributed by atoms with E-state index in [4.69, 9.17) is 9.47 Å². The van der Waals surface area contributed by atoms with Crippen LogP contribution in [-0.4, -0.2) is 35.9 Å². The zero-order chi connectivity index (χ0) is 22.4. The van der Waals surface area contributed by atoms with Crippen molar-refractivity contribution in [2.45, 2.75) is 57.7 Å². The van der Waals surface area contributed by atoms with Crippen LogP contribution in [0.15, 0.2) is 35.9 Å². The van der Waals surface area contributed by atoms with Gasteiger partial charge in [-0.2, -0.15) is 13.2 Å². The Labute approximate surface area is 173 Å². The van der Waals surface area contributed by atoms with Gasteiger partial charge in [-0.1, -0.05) is 32.8 Å². The van der Waals surface area contributed by atoms with Crippen LogP contribution in [0.5, 0.6) is 0 Å². The predicted octanol–water partition coefficient (Wildman–Crippen LogP) is 4.68. The number of carbonyl (C=O) groups excluding carboxylic acids is 2. The number of carbonyl (C=O) groups is 2. The molecule has 2 unspecified atom stereocenters. The molecule has 0 amide bonds. The van der Waals surface area contributed by atoms with E-state index in [1.165, 1.54) is 0 Å². The molecule has 8 heteroatoms. The van der Waals surface area contributed by atoms with Crippen molar-refractivity contribution < 1.29 is 37.3 Å². The van der Waals surface area contributed by atoms with Crippen LogP contribution < -0.4 is 0 Å². The standard InChI is InChI=1S/C22H27F3O5/c1-3-5-6-15(4-2)11-17-12-21(13-26,30-20(17)28)14-29-19(27)16-7-9-18(10-8-16)22(23,24)25/h7-11,15,26H,3-6,12-14H2,1-2H3/b17-11-. The van der Waals surface area contributed by atoms with Crippen molar-refractivity contribution in [1.29, 1.82) is 0 Å². The van der Waals surface area contributed by atoms with Crippen molar-refractivity contribution in [3.05, 3.63) is 47.0 Å². The molecule has 5 nitrogen and oxygen atoms in total. The van der Waals surface area contributed by atoms with Crippen molar-refractivity contribution >= 4 is 11.9 Å². The second-order valence-electron chi connectivity index (χ2n) is 7.56. The molecule has 1 N–H and O–H groups in total. The van der Waals surface area contributed by atoms with E-state index >= 15 is 0 Å². The van der Waals surface area contributed by atoms with Gasteiger partial charge in [0.05, 0.1) is 17.7 Å². The largest absolute Gasteiger partial charge is 0.458 e. The lowest BCUT2D eigenvalue weighted by Crippen LogP contribution is -2.39. The summed E-state index contributed by atoms with van der Waals surface area (Å²) in [6.07, 6.45) is 1.36. The summed E-state index contributed by atoms with van der Waals surface area (Å²) in [7, 11) is 0. The summed E-state index contributed by atoms with van der Waals surface area (Å²) in [5.41, 5.74) is -1.88. The molecule has 0 aliphatic carbocycles. The average molecular weight is 428 g/mol. The zero-order valence-electron chi connectivity index (χ0n) is 17.1. The summed E-state index contributed by atoms with van der Waals surface area (Å²) in [6, 6.07) is 3.61. The monoisotopic (exact) mass is 428 g/mol. The number of hydrogen-bond acceptors (Lipinski definition) is 5. The summed E-state index contributed by atoms with van der Waals surface area (Å²) >= 11 is 0. The van der Waals surface area contributed by atoms with E-state index in [0.717, 1.165) is 49.9 Å². The van der Waals surface area contributed by atoms with Crippen LogP contribution >= 0.6 is 0 Å². The Morgan fingerprint density at radius 1 is 1.30 bits per heavy atom. The van der Waals surface area contributed by atoms with Crippen molar-refractivity contribution in [1.82, 2.24) is 0 Å². The summed E-state index contributed by atoms with van der Waals surface area (Å²) in [5, 5.41) is 9.77. The molecule has 1 fully saturated rings. The molecule has 1 aromatic carbocycles. The molecule has 0 radical (unpaired) electrons. The molecule has 1 aliphatic rings. The second kappa shape index (κ2) is 10.1. The van der Waals surface area contributed by atoms with Crippen LogP contribution in [-0.2, 0) is 20.4 Å². The number of rotatable bonds is 9. The van der Waals surface area contributed by atoms with E-state index in [-0.39, 0.29) is 17.9 Å². The molecule has 1 heterocycles. The first-order valence-corrected chi connectivity index (χ1v) is 10.0. The minimum absolute atomic E-state index is 0.0678. The molecule has 1 saturated heterocycles. The van der Waals surface area contributed by atoms with E-state index in [0.29, 0.717) is 5.57 Å². The molecular formula is C22H27F3O5.